The lowest BCUT2D eigenvalue weighted by Gasteiger charge is -2.28. The minimum atomic E-state index is -0.569. The van der Waals surface area contributed by atoms with Crippen molar-refractivity contribution in [2.45, 2.75) is 105 Å². The molecular weight excluding hydrogens is 606 g/mol. The molecule has 1 heterocycles. The summed E-state index contributed by atoms with van der Waals surface area (Å²) >= 11 is 0. The highest BCUT2D eigenvalue weighted by Gasteiger charge is 2.38. The maximum atomic E-state index is 13.7. The van der Waals surface area contributed by atoms with Crippen LogP contribution in [-0.2, 0) is 22.0 Å². The first kappa shape index (κ1) is 36.3. The number of carbonyl (C=O) groups excluding carboxylic acids is 2. The summed E-state index contributed by atoms with van der Waals surface area (Å²) in [5.41, 5.74) is 2.63. The van der Waals surface area contributed by atoms with Gasteiger partial charge in [-0.15, -0.1) is 17.0 Å². The zero-order valence-electron chi connectivity index (χ0n) is 27.7. The summed E-state index contributed by atoms with van der Waals surface area (Å²) in [7, 11) is 0. The number of anilines is 1. The van der Waals surface area contributed by atoms with Crippen LogP contribution in [0.15, 0.2) is 36.4 Å². The average molecular weight is 659 g/mol. The smallest absolute Gasteiger partial charge is 0.412 e. The van der Waals surface area contributed by atoms with E-state index < -0.39 is 11.7 Å². The lowest BCUT2D eigenvalue weighted by Crippen LogP contribution is -2.33. The molecule has 2 aromatic rings. The van der Waals surface area contributed by atoms with Crippen LogP contribution in [-0.4, -0.2) is 46.4 Å². The third-order valence-electron chi connectivity index (χ3n) is 7.81. The summed E-state index contributed by atoms with van der Waals surface area (Å²) < 4.78 is 5.34. The fourth-order valence-electron chi connectivity index (χ4n) is 5.65. The largest absolute Gasteiger partial charge is 0.507 e. The average Bonchev–Trinajstić information content (AvgIpc) is 3.11. The number of halogens is 1. The molecule has 3 N–H and O–H groups in total. The van der Waals surface area contributed by atoms with E-state index in [9.17, 15) is 14.7 Å². The number of nitrogens with zero attached hydrogens (tertiary/aromatic N) is 1. The van der Waals surface area contributed by atoms with Gasteiger partial charge in [0.05, 0.1) is 6.54 Å². The number of likely N-dealkylation sites (tertiary alicyclic amines) is 1. The monoisotopic (exact) mass is 657 g/mol. The molecule has 2 unspecified atom stereocenters. The van der Waals surface area contributed by atoms with E-state index in [0.29, 0.717) is 30.1 Å². The Morgan fingerprint density at radius 1 is 0.977 bits per heavy atom. The third-order valence-corrected chi connectivity index (χ3v) is 7.81. The van der Waals surface area contributed by atoms with Crippen molar-refractivity contribution in [3.63, 3.8) is 0 Å². The predicted molar refractivity (Wildman–Crippen MR) is 181 cm³/mol. The summed E-state index contributed by atoms with van der Waals surface area (Å²) in [5, 5.41) is 22.9. The fraction of sp³-hybridized carbons (Fsp3) is 0.571. The van der Waals surface area contributed by atoms with E-state index in [-0.39, 0.29) is 57.7 Å². The lowest BCUT2D eigenvalue weighted by atomic mass is 9.78. The van der Waals surface area contributed by atoms with Crippen LogP contribution in [0.5, 0.6) is 5.75 Å². The molecule has 43 heavy (non-hydrogen) atoms. The van der Waals surface area contributed by atoms with Gasteiger partial charge >= 0.3 is 6.09 Å². The Morgan fingerprint density at radius 3 is 1.98 bits per heavy atom. The number of Topliss-reactive ketones (excluding diaryl/α,β-unsaturated/α-hetero) is 1. The highest BCUT2D eigenvalue weighted by atomic mass is 79.9. The summed E-state index contributed by atoms with van der Waals surface area (Å²) in [4.78, 5) is 27.8. The van der Waals surface area contributed by atoms with Gasteiger partial charge < -0.3 is 14.7 Å². The Bertz CT molecular complexity index is 1270. The zero-order valence-corrected chi connectivity index (χ0v) is 29.4. The van der Waals surface area contributed by atoms with Gasteiger partial charge in [-0.05, 0) is 80.2 Å². The van der Waals surface area contributed by atoms with Crippen LogP contribution in [0.4, 0.5) is 10.5 Å². The molecule has 0 saturated carbocycles. The van der Waals surface area contributed by atoms with Gasteiger partial charge in [0.15, 0.2) is 5.78 Å². The molecule has 238 valence electrons. The van der Waals surface area contributed by atoms with Gasteiger partial charge in [-0.3, -0.25) is 15.5 Å². The number of phenols is 1. The normalized spacial score (nSPS) is 17.4. The van der Waals surface area contributed by atoms with E-state index in [1.54, 1.807) is 0 Å². The van der Waals surface area contributed by atoms with Crippen molar-refractivity contribution in [3.05, 3.63) is 58.7 Å². The molecular formula is C35H52BrN3O4. The Hall–Kier alpha value is -2.87. The van der Waals surface area contributed by atoms with Crippen molar-refractivity contribution in [1.82, 2.24) is 4.90 Å². The first-order valence-electron chi connectivity index (χ1n) is 15.1. The van der Waals surface area contributed by atoms with E-state index in [1.165, 1.54) is 0 Å². The molecule has 1 aliphatic heterocycles. The highest BCUT2D eigenvalue weighted by Crippen LogP contribution is 2.40. The van der Waals surface area contributed by atoms with Crippen LogP contribution in [0.2, 0.25) is 0 Å². The number of nitrogens with one attached hydrogen (secondary N) is 2. The molecule has 0 spiro atoms. The zero-order chi connectivity index (χ0) is 31.6. The third kappa shape index (κ3) is 9.56. The second-order valence-corrected chi connectivity index (χ2v) is 14.8. The number of hydrogen-bond donors (Lipinski definition) is 3. The number of phenolic OH excluding ortho intramolecular Hbond substituents is 1. The van der Waals surface area contributed by atoms with E-state index in [4.69, 9.17) is 10.1 Å². The number of rotatable bonds is 8. The predicted octanol–water partition coefficient (Wildman–Crippen LogP) is 8.66. The molecule has 8 heteroatoms. The van der Waals surface area contributed by atoms with Gasteiger partial charge in [0.1, 0.15) is 17.2 Å². The molecule has 3 rings (SSSR count). The number of aromatic hydroxyl groups is 1. The van der Waals surface area contributed by atoms with Gasteiger partial charge in [0.25, 0.3) is 0 Å². The van der Waals surface area contributed by atoms with Crippen LogP contribution < -0.4 is 5.32 Å². The molecule has 2 atom stereocenters. The molecule has 0 aliphatic carbocycles. The maximum Gasteiger partial charge on any atom is 0.412 e. The van der Waals surface area contributed by atoms with Crippen LogP contribution in [0, 0.1) is 17.2 Å². The maximum absolute atomic E-state index is 13.7. The minimum absolute atomic E-state index is 0. The van der Waals surface area contributed by atoms with Crippen molar-refractivity contribution >= 4 is 40.4 Å². The molecule has 1 aliphatic rings. The fourth-order valence-corrected chi connectivity index (χ4v) is 5.65. The van der Waals surface area contributed by atoms with Gasteiger partial charge in [-0.1, -0.05) is 67.0 Å². The number of benzene rings is 2. The second-order valence-electron chi connectivity index (χ2n) is 14.8. The Labute approximate surface area is 269 Å². The SMILES string of the molecule is Br.CCCC1CN(CC(=O)c2cc(C(C)(C)C)c(O)c(C(C)(C)C)c2)C(=N)C1Cc1ccc(NC(=O)OC(C)(C)C)cc1. The van der Waals surface area contributed by atoms with Gasteiger partial charge in [0.2, 0.25) is 0 Å². The number of amidine groups is 1. The summed E-state index contributed by atoms with van der Waals surface area (Å²) in [5.74, 6) is 1.02. The number of carbonyl (C=O) groups is 2. The van der Waals surface area contributed by atoms with Crippen molar-refractivity contribution in [1.29, 1.82) is 5.41 Å². The Balaban J connectivity index is 0.00000645. The van der Waals surface area contributed by atoms with E-state index in [2.05, 4.69) is 12.2 Å². The number of hydrogen-bond acceptors (Lipinski definition) is 5. The van der Waals surface area contributed by atoms with Gasteiger partial charge in [0, 0.05) is 34.8 Å². The topological polar surface area (TPSA) is 103 Å². The van der Waals surface area contributed by atoms with Crippen LogP contribution in [0.1, 0.15) is 109 Å². The standard InChI is InChI=1S/C35H51N3O4.BrH/c1-11-12-23-20-38(21-29(39)24-18-27(33(2,3)4)30(40)28(19-24)34(5,6)7)31(36)26(23)17-22-13-15-25(16-14-22)37-32(41)42-35(8,9)10;/h13-16,18-19,23,26,36,40H,11-12,17,20-21H2,1-10H3,(H,37,41);1H. The quantitative estimate of drug-likeness (QED) is 0.247. The number of ketones is 1. The highest BCUT2D eigenvalue weighted by molar-refractivity contribution is 8.93. The van der Waals surface area contributed by atoms with E-state index in [0.717, 1.165) is 29.5 Å². The second kappa shape index (κ2) is 13.8. The van der Waals surface area contributed by atoms with E-state index in [1.807, 2.05) is 104 Å². The molecule has 2 aromatic carbocycles. The first-order chi connectivity index (χ1) is 19.3. The molecule has 1 saturated heterocycles. The van der Waals surface area contributed by atoms with Crippen LogP contribution in [0.3, 0.4) is 0 Å². The van der Waals surface area contributed by atoms with Gasteiger partial charge in [-0.25, -0.2) is 4.79 Å². The van der Waals surface area contributed by atoms with Crippen molar-refractivity contribution in [3.8, 4) is 5.75 Å². The van der Waals surface area contributed by atoms with Crippen molar-refractivity contribution in [2.75, 3.05) is 18.4 Å². The summed E-state index contributed by atoms with van der Waals surface area (Å²) in [6, 6.07) is 11.3. The molecule has 7 nitrogen and oxygen atoms in total. The first-order valence-corrected chi connectivity index (χ1v) is 15.1. The minimum Gasteiger partial charge on any atom is -0.507 e. The van der Waals surface area contributed by atoms with Gasteiger partial charge in [-0.2, -0.15) is 0 Å². The van der Waals surface area contributed by atoms with E-state index >= 15 is 0 Å². The molecule has 0 radical (unpaired) electrons. The van der Waals surface area contributed by atoms with Crippen molar-refractivity contribution in [2.24, 2.45) is 11.8 Å². The number of amides is 1. The Morgan fingerprint density at radius 2 is 1.51 bits per heavy atom. The molecule has 1 amide bonds. The lowest BCUT2D eigenvalue weighted by molar-refractivity contribution is 0.0635. The summed E-state index contributed by atoms with van der Waals surface area (Å²) in [6.07, 6.45) is 2.20. The van der Waals surface area contributed by atoms with Crippen molar-refractivity contribution < 1.29 is 19.4 Å². The summed E-state index contributed by atoms with van der Waals surface area (Å²) in [6.45, 7) is 20.7. The molecule has 0 aromatic heterocycles. The number of ether oxygens (including phenoxy) is 1. The molecule has 0 bridgehead atoms. The van der Waals surface area contributed by atoms with Crippen LogP contribution >= 0.6 is 17.0 Å². The Kier molecular flexibility index (Phi) is 11.7. The molecule has 1 fully saturated rings. The van der Waals surface area contributed by atoms with Crippen LogP contribution in [0.25, 0.3) is 0 Å².